The molecule has 2 aliphatic carbocycles. The summed E-state index contributed by atoms with van der Waals surface area (Å²) >= 11 is 0. The van der Waals surface area contributed by atoms with Gasteiger partial charge in [-0.15, -0.1) is 0 Å². The second-order valence-electron chi connectivity index (χ2n) is 13.4. The lowest BCUT2D eigenvalue weighted by Gasteiger charge is -2.46. The van der Waals surface area contributed by atoms with Crippen LogP contribution >= 0.6 is 0 Å². The first-order valence-corrected chi connectivity index (χ1v) is 16.2. The first-order valence-electron chi connectivity index (χ1n) is 16.2. The van der Waals surface area contributed by atoms with Crippen molar-refractivity contribution >= 4 is 21.8 Å². The molecule has 4 nitrogen and oxygen atoms in total. The lowest BCUT2D eigenvalue weighted by molar-refractivity contribution is 0.0751. The molecule has 6 atom stereocenters. The van der Waals surface area contributed by atoms with E-state index in [0.29, 0.717) is 12.1 Å². The Morgan fingerprint density at radius 1 is 0.756 bits per heavy atom. The zero-order valence-electron chi connectivity index (χ0n) is 24.7. The normalized spacial score (nSPS) is 29.4. The summed E-state index contributed by atoms with van der Waals surface area (Å²) in [5, 5.41) is 2.69. The maximum atomic E-state index is 3.72. The summed E-state index contributed by atoms with van der Waals surface area (Å²) in [4.78, 5) is 12.7. The fraction of sp³-hybridized carbons (Fsp3) is 0.459. The van der Waals surface area contributed by atoms with Crippen molar-refractivity contribution in [2.24, 2.45) is 23.7 Å². The Balaban J connectivity index is 1.01. The summed E-state index contributed by atoms with van der Waals surface area (Å²) in [6.07, 6.45) is 18.6. The van der Waals surface area contributed by atoms with Gasteiger partial charge < -0.3 is 9.97 Å². The molecule has 2 aromatic carbocycles. The number of fused-ring (bicyclic) bond motifs is 6. The molecular formula is C37H44N4. The fourth-order valence-corrected chi connectivity index (χ4v) is 8.73. The first-order chi connectivity index (χ1) is 20.1. The number of aromatic amines is 2. The minimum absolute atomic E-state index is 0.595. The van der Waals surface area contributed by atoms with Gasteiger partial charge in [-0.05, 0) is 83.5 Å². The molecule has 0 amide bonds. The predicted molar refractivity (Wildman–Crippen MR) is 171 cm³/mol. The highest BCUT2D eigenvalue weighted by atomic mass is 15.2. The summed E-state index contributed by atoms with van der Waals surface area (Å²) in [5.41, 5.74) is 7.87. The van der Waals surface area contributed by atoms with Crippen molar-refractivity contribution in [2.45, 2.75) is 64.6 Å². The van der Waals surface area contributed by atoms with E-state index >= 15 is 0 Å². The molecule has 0 radical (unpaired) electrons. The van der Waals surface area contributed by atoms with Crippen LogP contribution in [0.1, 0.15) is 50.8 Å². The number of nitrogens with zero attached hydrogens (tertiary/aromatic N) is 2. The Kier molecular flexibility index (Phi) is 6.45. The number of aromatic nitrogens is 2. The molecule has 2 N–H and O–H groups in total. The molecule has 0 spiro atoms. The van der Waals surface area contributed by atoms with Gasteiger partial charge in [0, 0.05) is 78.4 Å². The van der Waals surface area contributed by atoms with Gasteiger partial charge in [-0.3, -0.25) is 9.80 Å². The third-order valence-corrected chi connectivity index (χ3v) is 11.0. The van der Waals surface area contributed by atoms with Crippen molar-refractivity contribution < 1.29 is 0 Å². The van der Waals surface area contributed by atoms with E-state index in [2.05, 4.69) is 107 Å². The van der Waals surface area contributed by atoms with Crippen LogP contribution in [-0.2, 0) is 13.0 Å². The number of nitrogens with one attached hydrogen (secondary N) is 2. The molecule has 4 aliphatic heterocycles. The molecule has 10 rings (SSSR count). The van der Waals surface area contributed by atoms with Crippen molar-refractivity contribution in [2.75, 3.05) is 19.6 Å². The van der Waals surface area contributed by atoms with Crippen LogP contribution in [0.5, 0.6) is 0 Å². The molecule has 4 aromatic rings. The Hall–Kier alpha value is -3.08. The summed E-state index contributed by atoms with van der Waals surface area (Å²) in [6.45, 7) is 9.32. The van der Waals surface area contributed by atoms with E-state index in [9.17, 15) is 0 Å². The Morgan fingerprint density at radius 3 is 2.17 bits per heavy atom. The van der Waals surface area contributed by atoms with Gasteiger partial charge in [-0.2, -0.15) is 0 Å². The molecular weight excluding hydrogens is 500 g/mol. The molecule has 6 aliphatic rings. The highest BCUT2D eigenvalue weighted by Crippen LogP contribution is 2.38. The van der Waals surface area contributed by atoms with Gasteiger partial charge in [0.1, 0.15) is 0 Å². The number of hydrogen-bond donors (Lipinski definition) is 2. The molecule has 212 valence electrons. The maximum absolute atomic E-state index is 3.72. The highest BCUT2D eigenvalue weighted by molar-refractivity contribution is 5.91. The van der Waals surface area contributed by atoms with Gasteiger partial charge in [0.2, 0.25) is 0 Å². The average Bonchev–Trinajstić information content (AvgIpc) is 3.63. The lowest BCUT2D eigenvalue weighted by atomic mass is 9.76. The van der Waals surface area contributed by atoms with Gasteiger partial charge >= 0.3 is 0 Å². The zero-order chi connectivity index (χ0) is 27.5. The molecule has 2 saturated heterocycles. The Morgan fingerprint density at radius 2 is 1.44 bits per heavy atom. The van der Waals surface area contributed by atoms with Crippen molar-refractivity contribution in [3.8, 4) is 11.1 Å². The minimum Gasteiger partial charge on any atom is -0.361 e. The Bertz CT molecular complexity index is 1620. The number of benzene rings is 2. The summed E-state index contributed by atoms with van der Waals surface area (Å²) < 4.78 is 0. The molecule has 2 aromatic heterocycles. The van der Waals surface area contributed by atoms with Crippen LogP contribution in [0.15, 0.2) is 73.0 Å². The van der Waals surface area contributed by atoms with E-state index in [1.54, 1.807) is 0 Å². The van der Waals surface area contributed by atoms with Gasteiger partial charge in [0.05, 0.1) is 0 Å². The predicted octanol–water partition coefficient (Wildman–Crippen LogP) is 7.93. The van der Waals surface area contributed by atoms with Crippen molar-refractivity contribution in [1.82, 2.24) is 19.8 Å². The second-order valence-corrected chi connectivity index (χ2v) is 13.4. The van der Waals surface area contributed by atoms with Crippen LogP contribution < -0.4 is 0 Å². The van der Waals surface area contributed by atoms with Crippen LogP contribution in [0.2, 0.25) is 0 Å². The molecule has 4 bridgehead atoms. The van der Waals surface area contributed by atoms with Crippen LogP contribution in [-0.4, -0.2) is 51.5 Å². The van der Waals surface area contributed by atoms with Crippen molar-refractivity contribution in [3.63, 3.8) is 0 Å². The fourth-order valence-electron chi connectivity index (χ4n) is 8.73. The molecule has 0 saturated carbocycles. The third-order valence-electron chi connectivity index (χ3n) is 11.0. The van der Waals surface area contributed by atoms with Gasteiger partial charge in [0.15, 0.2) is 0 Å². The maximum Gasteiger partial charge on any atom is 0.0457 e. The topological polar surface area (TPSA) is 38.1 Å². The third kappa shape index (κ3) is 4.60. The largest absolute Gasteiger partial charge is 0.361 e. The quantitative estimate of drug-likeness (QED) is 0.221. The standard InChI is InChI=1S/C37H44N4/c1-3-26-15-24-5-11-36(26)40(21-24)14-13-32-18-30-17-28(7-9-34(30)39-32)29-8-10-35-33(19-29)31(20-38-35)23-41-22-25-6-12-37(41)27(4-2)16-25/h5-12,17-20,24-27,36-39H,3-4,13-16,21-23H2,1-2H3. The molecule has 2 fully saturated rings. The van der Waals surface area contributed by atoms with Crippen LogP contribution in [0.3, 0.4) is 0 Å². The zero-order valence-corrected chi connectivity index (χ0v) is 24.7. The van der Waals surface area contributed by atoms with Crippen molar-refractivity contribution in [3.05, 3.63) is 84.2 Å². The van der Waals surface area contributed by atoms with Crippen LogP contribution in [0, 0.1) is 23.7 Å². The smallest absolute Gasteiger partial charge is 0.0457 e. The molecule has 4 heteroatoms. The van der Waals surface area contributed by atoms with E-state index in [-0.39, 0.29) is 0 Å². The molecule has 41 heavy (non-hydrogen) atoms. The number of piperidine rings is 2. The monoisotopic (exact) mass is 544 g/mol. The van der Waals surface area contributed by atoms with Crippen LogP contribution in [0.4, 0.5) is 0 Å². The van der Waals surface area contributed by atoms with E-state index in [1.165, 1.54) is 83.0 Å². The minimum atomic E-state index is 0.595. The SMILES string of the molecule is CCC1CC2C=CC1N(CCc1cc3cc(-c4ccc5[nH]cc(CN6CC7C=CC6C(CC)C7)c5c4)ccc3[nH]1)C2. The first kappa shape index (κ1) is 25.6. The van der Waals surface area contributed by atoms with Gasteiger partial charge in [-0.25, -0.2) is 0 Å². The second kappa shape index (κ2) is 10.3. The number of rotatable bonds is 8. The molecule has 6 unspecified atom stereocenters. The van der Waals surface area contributed by atoms with E-state index in [1.807, 2.05) is 0 Å². The summed E-state index contributed by atoms with van der Waals surface area (Å²) in [6, 6.07) is 17.5. The molecule has 6 heterocycles. The number of hydrogen-bond acceptors (Lipinski definition) is 2. The van der Waals surface area contributed by atoms with E-state index < -0.39 is 0 Å². The van der Waals surface area contributed by atoms with Gasteiger partial charge in [0.25, 0.3) is 0 Å². The highest BCUT2D eigenvalue weighted by Gasteiger charge is 2.37. The number of H-pyrrole nitrogens is 2. The summed E-state index contributed by atoms with van der Waals surface area (Å²) in [7, 11) is 0. The van der Waals surface area contributed by atoms with E-state index in [0.717, 1.165) is 43.2 Å². The van der Waals surface area contributed by atoms with Gasteiger partial charge in [-0.1, -0.05) is 63.1 Å². The van der Waals surface area contributed by atoms with E-state index in [4.69, 9.17) is 0 Å². The Labute approximate surface area is 244 Å². The average molecular weight is 545 g/mol. The van der Waals surface area contributed by atoms with Crippen LogP contribution in [0.25, 0.3) is 32.9 Å². The summed E-state index contributed by atoms with van der Waals surface area (Å²) in [5.74, 6) is 3.12. The van der Waals surface area contributed by atoms with Crippen molar-refractivity contribution in [1.29, 1.82) is 0 Å². The lowest BCUT2D eigenvalue weighted by Crippen LogP contribution is -2.50.